The molecule has 0 saturated carbocycles. The smallest absolute Gasteiger partial charge is 0.0491 e. The minimum atomic E-state index is 1.30. The van der Waals surface area contributed by atoms with Gasteiger partial charge in [0.2, 0.25) is 0 Å². The largest absolute Gasteiger partial charge is 0.344 e. The zero-order valence-electron chi connectivity index (χ0n) is 24.5. The quantitative estimate of drug-likeness (QED) is 0.190. The Morgan fingerprint density at radius 1 is 0.359 bits per heavy atom. The molecule has 2 nitrogen and oxygen atoms in total. The van der Waals surface area contributed by atoms with E-state index in [1.165, 1.54) is 49.2 Å². The summed E-state index contributed by atoms with van der Waals surface area (Å²) in [6, 6.07) is 44.1. The Labute approximate surface area is 234 Å². The highest BCUT2D eigenvalue weighted by Gasteiger charge is 2.08. The predicted octanol–water partition coefficient (Wildman–Crippen LogP) is 10.7. The summed E-state index contributed by atoms with van der Waals surface area (Å²) in [6.45, 7) is 10.2. The monoisotopic (exact) mass is 514 g/mol. The zero-order valence-corrected chi connectivity index (χ0v) is 24.5. The van der Waals surface area contributed by atoms with Crippen molar-refractivity contribution in [1.82, 2.24) is 9.13 Å². The van der Waals surface area contributed by atoms with Crippen LogP contribution in [0.3, 0.4) is 0 Å². The molecule has 2 aromatic heterocycles. The molecule has 0 radical (unpaired) electrons. The van der Waals surface area contributed by atoms with Crippen molar-refractivity contribution in [3.8, 4) is 0 Å². The van der Waals surface area contributed by atoms with Crippen molar-refractivity contribution in [3.63, 3.8) is 0 Å². The summed E-state index contributed by atoms with van der Waals surface area (Å²) in [4.78, 5) is 0. The number of nitrogens with zero attached hydrogens (tertiary/aromatic N) is 2. The first-order chi connectivity index (χ1) is 19.2. The van der Waals surface area contributed by atoms with Gasteiger partial charge in [-0.2, -0.15) is 0 Å². The van der Waals surface area contributed by atoms with Crippen molar-refractivity contribution in [2.75, 3.05) is 0 Å². The number of hydrogen-bond acceptors (Lipinski definition) is 0. The number of hydrogen-bond donors (Lipinski definition) is 0. The molecule has 0 spiro atoms. The minimum absolute atomic E-state index is 1.30. The lowest BCUT2D eigenvalue weighted by Gasteiger charge is -1.97. The van der Waals surface area contributed by atoms with Crippen LogP contribution in [0.1, 0.15) is 33.3 Å². The van der Waals surface area contributed by atoms with Gasteiger partial charge in [0, 0.05) is 57.7 Å². The lowest BCUT2D eigenvalue weighted by atomic mass is 10.1. The summed E-state index contributed by atoms with van der Waals surface area (Å²) in [5.74, 6) is 0. The fourth-order valence-corrected chi connectivity index (χ4v) is 4.89. The zero-order chi connectivity index (χ0) is 28.2. The molecule has 0 atom stereocenters. The van der Waals surface area contributed by atoms with Gasteiger partial charge >= 0.3 is 0 Å². The van der Waals surface area contributed by atoms with Crippen LogP contribution in [0.25, 0.3) is 43.6 Å². The van der Waals surface area contributed by atoms with Gasteiger partial charge in [0.05, 0.1) is 0 Å². The second-order valence-corrected chi connectivity index (χ2v) is 8.79. The highest BCUT2D eigenvalue weighted by molar-refractivity contribution is 6.09. The van der Waals surface area contributed by atoms with E-state index in [4.69, 9.17) is 0 Å². The van der Waals surface area contributed by atoms with E-state index in [9.17, 15) is 0 Å². The van der Waals surface area contributed by atoms with Crippen molar-refractivity contribution in [2.24, 2.45) is 14.1 Å². The highest BCUT2D eigenvalue weighted by atomic mass is 14.9. The predicted molar refractivity (Wildman–Crippen MR) is 175 cm³/mol. The van der Waals surface area contributed by atoms with Crippen LogP contribution < -0.4 is 0 Å². The summed E-state index contributed by atoms with van der Waals surface area (Å²) < 4.78 is 4.50. The fourth-order valence-electron chi connectivity index (χ4n) is 4.89. The number of rotatable bonds is 0. The SMILES string of the molecule is CC.CC.Cc1cccc2c1c1ccccc1n2C.Cn1c2ccccc2c2ccccc21.c1ccccc1. The average molecular weight is 515 g/mol. The molecule has 0 aliphatic heterocycles. The van der Waals surface area contributed by atoms with Crippen LogP contribution in [0.15, 0.2) is 127 Å². The third-order valence-corrected chi connectivity index (χ3v) is 6.63. The van der Waals surface area contributed by atoms with Crippen LogP contribution >= 0.6 is 0 Å². The Balaban J connectivity index is 0.000000162. The number of fused-ring (bicyclic) bond motifs is 6. The van der Waals surface area contributed by atoms with Crippen molar-refractivity contribution < 1.29 is 0 Å². The van der Waals surface area contributed by atoms with Crippen molar-refractivity contribution in [3.05, 3.63) is 133 Å². The summed E-state index contributed by atoms with van der Waals surface area (Å²) in [5.41, 5.74) is 6.57. The summed E-state index contributed by atoms with van der Waals surface area (Å²) >= 11 is 0. The molecule has 2 heterocycles. The van der Waals surface area contributed by atoms with Gasteiger partial charge in [0.1, 0.15) is 0 Å². The Morgan fingerprint density at radius 2 is 0.692 bits per heavy atom. The Bertz CT molecular complexity index is 1640. The third-order valence-electron chi connectivity index (χ3n) is 6.63. The number of aryl methyl sites for hydroxylation is 3. The molecule has 5 aromatic carbocycles. The molecule has 0 fully saturated rings. The van der Waals surface area contributed by atoms with E-state index in [-0.39, 0.29) is 0 Å². The van der Waals surface area contributed by atoms with E-state index in [1.54, 1.807) is 0 Å². The van der Waals surface area contributed by atoms with Crippen molar-refractivity contribution >= 4 is 43.6 Å². The molecule has 200 valence electrons. The van der Waals surface area contributed by atoms with Crippen molar-refractivity contribution in [1.29, 1.82) is 0 Å². The maximum Gasteiger partial charge on any atom is 0.0491 e. The Hall–Kier alpha value is -4.30. The summed E-state index contributed by atoms with van der Waals surface area (Å²) in [6.07, 6.45) is 0. The Morgan fingerprint density at radius 3 is 1.15 bits per heavy atom. The van der Waals surface area contributed by atoms with Crippen LogP contribution in [0.5, 0.6) is 0 Å². The highest BCUT2D eigenvalue weighted by Crippen LogP contribution is 2.30. The van der Waals surface area contributed by atoms with Crippen LogP contribution in [-0.4, -0.2) is 9.13 Å². The molecular formula is C37H42N2. The van der Waals surface area contributed by atoms with Gasteiger partial charge in [-0.05, 0) is 36.8 Å². The third kappa shape index (κ3) is 6.41. The van der Waals surface area contributed by atoms with E-state index in [0.717, 1.165) is 0 Å². The number of para-hydroxylation sites is 3. The van der Waals surface area contributed by atoms with Gasteiger partial charge in [0.15, 0.2) is 0 Å². The molecule has 7 aromatic rings. The first-order valence-corrected chi connectivity index (χ1v) is 14.0. The lowest BCUT2D eigenvalue weighted by Crippen LogP contribution is -1.85. The van der Waals surface area contributed by atoms with Crippen LogP contribution in [0, 0.1) is 6.92 Å². The van der Waals surface area contributed by atoms with Crippen LogP contribution in [0.4, 0.5) is 0 Å². The fraction of sp³-hybridized carbons (Fsp3) is 0.189. The first-order valence-electron chi connectivity index (χ1n) is 14.0. The molecular weight excluding hydrogens is 472 g/mol. The lowest BCUT2D eigenvalue weighted by molar-refractivity contribution is 1.01. The van der Waals surface area contributed by atoms with Gasteiger partial charge < -0.3 is 9.13 Å². The second kappa shape index (κ2) is 14.6. The number of benzene rings is 5. The van der Waals surface area contributed by atoms with E-state index in [1.807, 2.05) is 64.1 Å². The van der Waals surface area contributed by atoms with Crippen LogP contribution in [-0.2, 0) is 14.1 Å². The normalized spacial score (nSPS) is 9.92. The standard InChI is InChI=1S/C14H13N.C13H11N.C6H6.2C2H6/c1-10-6-5-9-13-14(10)11-7-3-4-8-12(11)15(13)2;1-14-12-8-4-2-6-10(12)11-7-3-5-9-13(11)14;1-2-4-6-5-3-1;2*1-2/h3-9H,1-2H3;2-9H,1H3;1-6H;2*1-2H3. The van der Waals surface area contributed by atoms with Gasteiger partial charge in [-0.3, -0.25) is 0 Å². The molecule has 0 aliphatic carbocycles. The molecule has 2 heteroatoms. The average Bonchev–Trinajstić information content (AvgIpc) is 3.49. The van der Waals surface area contributed by atoms with E-state index in [0.29, 0.717) is 0 Å². The molecule has 0 amide bonds. The van der Waals surface area contributed by atoms with Gasteiger partial charge in [-0.25, -0.2) is 0 Å². The molecule has 0 aliphatic rings. The second-order valence-electron chi connectivity index (χ2n) is 8.79. The topological polar surface area (TPSA) is 9.86 Å². The summed E-state index contributed by atoms with van der Waals surface area (Å²) in [7, 11) is 4.24. The van der Waals surface area contributed by atoms with Gasteiger partial charge in [-0.15, -0.1) is 0 Å². The van der Waals surface area contributed by atoms with E-state index in [2.05, 4.69) is 121 Å². The molecule has 0 unspecified atom stereocenters. The van der Waals surface area contributed by atoms with Crippen molar-refractivity contribution in [2.45, 2.75) is 34.6 Å². The molecule has 39 heavy (non-hydrogen) atoms. The summed E-state index contributed by atoms with van der Waals surface area (Å²) in [5, 5.41) is 5.42. The number of aromatic nitrogens is 2. The van der Waals surface area contributed by atoms with E-state index >= 15 is 0 Å². The molecule has 0 N–H and O–H groups in total. The van der Waals surface area contributed by atoms with E-state index < -0.39 is 0 Å². The molecule has 0 saturated heterocycles. The van der Waals surface area contributed by atoms with Gasteiger partial charge in [0.25, 0.3) is 0 Å². The molecule has 7 rings (SSSR count). The minimum Gasteiger partial charge on any atom is -0.344 e. The van der Waals surface area contributed by atoms with Gasteiger partial charge in [-0.1, -0.05) is 131 Å². The first kappa shape index (κ1) is 29.3. The Kier molecular flexibility index (Phi) is 10.9. The maximum atomic E-state index is 2.26. The maximum absolute atomic E-state index is 2.26. The van der Waals surface area contributed by atoms with Crippen LogP contribution in [0.2, 0.25) is 0 Å². The molecule has 0 bridgehead atoms.